The number of hydrogen-bond donors (Lipinski definition) is 2. The summed E-state index contributed by atoms with van der Waals surface area (Å²) < 4.78 is 0.197. The van der Waals surface area contributed by atoms with Gasteiger partial charge < -0.3 is 10.6 Å². The normalized spacial score (nSPS) is 22.4. The second kappa shape index (κ2) is 7.05. The topological polar surface area (TPSA) is 41.1 Å². The molecule has 0 radical (unpaired) electrons. The van der Waals surface area contributed by atoms with Crippen LogP contribution in [0.2, 0.25) is 0 Å². The molecule has 2 atom stereocenters. The molecule has 2 N–H and O–H groups in total. The number of benzene rings is 1. The van der Waals surface area contributed by atoms with Gasteiger partial charge in [-0.2, -0.15) is 0 Å². The first-order valence-corrected chi connectivity index (χ1v) is 8.90. The van der Waals surface area contributed by atoms with Crippen LogP contribution in [0.1, 0.15) is 46.1 Å². The molecule has 1 aliphatic rings. The molecule has 0 bridgehead atoms. The van der Waals surface area contributed by atoms with E-state index in [0.29, 0.717) is 6.04 Å². The maximum absolute atomic E-state index is 12.4. The highest BCUT2D eigenvalue weighted by molar-refractivity contribution is 8.00. The molecular formula is C18H28N2OS. The molecule has 4 heteroatoms. The molecule has 1 aromatic rings. The van der Waals surface area contributed by atoms with Crippen molar-refractivity contribution in [3.05, 3.63) is 23.8 Å². The highest BCUT2D eigenvalue weighted by Crippen LogP contribution is 2.33. The second-order valence-electron chi connectivity index (χ2n) is 7.26. The zero-order chi connectivity index (χ0) is 16.3. The molecule has 1 heterocycles. The minimum absolute atomic E-state index is 0.124. The van der Waals surface area contributed by atoms with Gasteiger partial charge >= 0.3 is 0 Å². The standard InChI is InChI=1S/C18H28N2OS/c1-12-10-15(22-18(3,4)5)6-7-16(12)20-17(21)14-8-9-19-13(2)11-14/h6-7,10,13-14,19H,8-9,11H2,1-5H3,(H,20,21)/t13-,14-/m0/s1. The fourth-order valence-corrected chi connectivity index (χ4v) is 3.88. The maximum atomic E-state index is 12.4. The van der Waals surface area contributed by atoms with Gasteiger partial charge in [0.15, 0.2) is 0 Å². The maximum Gasteiger partial charge on any atom is 0.227 e. The summed E-state index contributed by atoms with van der Waals surface area (Å²) in [6.07, 6.45) is 1.84. The van der Waals surface area contributed by atoms with E-state index < -0.39 is 0 Å². The summed E-state index contributed by atoms with van der Waals surface area (Å²) in [5.41, 5.74) is 2.07. The van der Waals surface area contributed by atoms with Gasteiger partial charge in [0.25, 0.3) is 0 Å². The van der Waals surface area contributed by atoms with Crippen molar-refractivity contribution < 1.29 is 4.79 Å². The number of aryl methyl sites for hydroxylation is 1. The minimum Gasteiger partial charge on any atom is -0.326 e. The number of nitrogens with one attached hydrogen (secondary N) is 2. The Morgan fingerprint density at radius 2 is 2.09 bits per heavy atom. The molecule has 0 unspecified atom stereocenters. The molecule has 1 aromatic carbocycles. The second-order valence-corrected chi connectivity index (χ2v) is 9.16. The Balaban J connectivity index is 2.02. The van der Waals surface area contributed by atoms with Crippen molar-refractivity contribution >= 4 is 23.4 Å². The first-order chi connectivity index (χ1) is 10.2. The van der Waals surface area contributed by atoms with Gasteiger partial charge in [-0.25, -0.2) is 0 Å². The van der Waals surface area contributed by atoms with Crippen LogP contribution in [0.15, 0.2) is 23.1 Å². The Morgan fingerprint density at radius 1 is 1.36 bits per heavy atom. The van der Waals surface area contributed by atoms with E-state index in [-0.39, 0.29) is 16.6 Å². The fourth-order valence-electron chi connectivity index (χ4n) is 2.80. The summed E-state index contributed by atoms with van der Waals surface area (Å²) in [6, 6.07) is 6.72. The van der Waals surface area contributed by atoms with Gasteiger partial charge in [-0.3, -0.25) is 4.79 Å². The molecule has 0 aromatic heterocycles. The SMILES string of the molecule is Cc1cc(SC(C)(C)C)ccc1NC(=O)[C@H]1CCN[C@@H](C)C1. The number of thioether (sulfide) groups is 1. The number of hydrogen-bond acceptors (Lipinski definition) is 3. The van der Waals surface area contributed by atoms with E-state index in [1.807, 2.05) is 17.8 Å². The number of amides is 1. The van der Waals surface area contributed by atoms with E-state index >= 15 is 0 Å². The number of carbonyl (C=O) groups is 1. The summed E-state index contributed by atoms with van der Waals surface area (Å²) in [5.74, 6) is 0.284. The minimum atomic E-state index is 0.124. The van der Waals surface area contributed by atoms with Crippen LogP contribution in [-0.2, 0) is 4.79 Å². The van der Waals surface area contributed by atoms with E-state index in [9.17, 15) is 4.79 Å². The average Bonchev–Trinajstić information content (AvgIpc) is 2.40. The first kappa shape index (κ1) is 17.4. The first-order valence-electron chi connectivity index (χ1n) is 8.08. The summed E-state index contributed by atoms with van der Waals surface area (Å²) >= 11 is 1.85. The van der Waals surface area contributed by atoms with Crippen molar-refractivity contribution in [2.45, 2.75) is 63.1 Å². The van der Waals surface area contributed by atoms with Crippen LogP contribution in [0.25, 0.3) is 0 Å². The predicted octanol–water partition coefficient (Wildman–Crippen LogP) is 4.21. The van der Waals surface area contributed by atoms with E-state index in [4.69, 9.17) is 0 Å². The summed E-state index contributed by atoms with van der Waals surface area (Å²) in [6.45, 7) is 11.8. The highest BCUT2D eigenvalue weighted by Gasteiger charge is 2.25. The molecule has 22 heavy (non-hydrogen) atoms. The van der Waals surface area contributed by atoms with Gasteiger partial charge in [-0.05, 0) is 57.0 Å². The zero-order valence-electron chi connectivity index (χ0n) is 14.3. The molecule has 0 aliphatic carbocycles. The van der Waals surface area contributed by atoms with Gasteiger partial charge in [-0.1, -0.05) is 20.8 Å². The van der Waals surface area contributed by atoms with Crippen LogP contribution in [0, 0.1) is 12.8 Å². The summed E-state index contributed by atoms with van der Waals surface area (Å²) in [5, 5.41) is 6.50. The number of carbonyl (C=O) groups excluding carboxylic acids is 1. The van der Waals surface area contributed by atoms with Crippen LogP contribution in [0.5, 0.6) is 0 Å². The summed E-state index contributed by atoms with van der Waals surface area (Å²) in [7, 11) is 0. The van der Waals surface area contributed by atoms with E-state index in [1.54, 1.807) is 0 Å². The number of anilines is 1. The highest BCUT2D eigenvalue weighted by atomic mass is 32.2. The van der Waals surface area contributed by atoms with E-state index in [2.05, 4.69) is 57.4 Å². The van der Waals surface area contributed by atoms with E-state index in [1.165, 1.54) is 4.90 Å². The Hall–Kier alpha value is -1.00. The Kier molecular flexibility index (Phi) is 5.56. The third-order valence-electron chi connectivity index (χ3n) is 3.87. The molecule has 3 nitrogen and oxygen atoms in total. The van der Waals surface area contributed by atoms with Gasteiger partial charge in [-0.15, -0.1) is 11.8 Å². The van der Waals surface area contributed by atoms with Crippen molar-refractivity contribution in [1.82, 2.24) is 5.32 Å². The molecule has 122 valence electrons. The lowest BCUT2D eigenvalue weighted by Crippen LogP contribution is -2.40. The van der Waals surface area contributed by atoms with Gasteiger partial charge in [0.2, 0.25) is 5.91 Å². The molecular weight excluding hydrogens is 292 g/mol. The molecule has 1 saturated heterocycles. The lowest BCUT2D eigenvalue weighted by molar-refractivity contribution is -0.120. The lowest BCUT2D eigenvalue weighted by Gasteiger charge is -2.27. The number of rotatable bonds is 3. The van der Waals surface area contributed by atoms with E-state index in [0.717, 1.165) is 30.6 Å². The third-order valence-corrected chi connectivity index (χ3v) is 4.98. The van der Waals surface area contributed by atoms with Crippen LogP contribution in [0.4, 0.5) is 5.69 Å². The number of piperidine rings is 1. The molecule has 1 aliphatic heterocycles. The van der Waals surface area contributed by atoms with Gasteiger partial charge in [0, 0.05) is 27.3 Å². The molecule has 1 fully saturated rings. The van der Waals surface area contributed by atoms with Gasteiger partial charge in [0.05, 0.1) is 0 Å². The average molecular weight is 321 g/mol. The fraction of sp³-hybridized carbons (Fsp3) is 0.611. The Labute approximate surface area is 138 Å². The quantitative estimate of drug-likeness (QED) is 0.820. The largest absolute Gasteiger partial charge is 0.326 e. The smallest absolute Gasteiger partial charge is 0.227 e. The monoisotopic (exact) mass is 320 g/mol. The Morgan fingerprint density at radius 3 is 2.68 bits per heavy atom. The zero-order valence-corrected chi connectivity index (χ0v) is 15.1. The molecule has 0 spiro atoms. The Bertz CT molecular complexity index is 536. The van der Waals surface area contributed by atoms with Crippen molar-refractivity contribution in [2.24, 2.45) is 5.92 Å². The molecule has 0 saturated carbocycles. The predicted molar refractivity (Wildman–Crippen MR) is 95.6 cm³/mol. The van der Waals surface area contributed by atoms with Crippen molar-refractivity contribution in [1.29, 1.82) is 0 Å². The third kappa shape index (κ3) is 5.03. The molecule has 1 amide bonds. The van der Waals surface area contributed by atoms with Crippen LogP contribution in [-0.4, -0.2) is 23.2 Å². The van der Waals surface area contributed by atoms with Gasteiger partial charge in [0.1, 0.15) is 0 Å². The lowest BCUT2D eigenvalue weighted by atomic mass is 9.92. The van der Waals surface area contributed by atoms with Crippen LogP contribution < -0.4 is 10.6 Å². The molecule has 2 rings (SSSR count). The van der Waals surface area contributed by atoms with Crippen LogP contribution >= 0.6 is 11.8 Å². The van der Waals surface area contributed by atoms with Crippen molar-refractivity contribution in [3.8, 4) is 0 Å². The summed E-state index contributed by atoms with van der Waals surface area (Å²) in [4.78, 5) is 13.7. The van der Waals surface area contributed by atoms with Crippen molar-refractivity contribution in [2.75, 3.05) is 11.9 Å². The van der Waals surface area contributed by atoms with Crippen LogP contribution in [0.3, 0.4) is 0 Å². The van der Waals surface area contributed by atoms with Crippen molar-refractivity contribution in [3.63, 3.8) is 0 Å².